The van der Waals surface area contributed by atoms with E-state index < -0.39 is 0 Å². The van der Waals surface area contributed by atoms with E-state index in [1.54, 1.807) is 24.3 Å². The van der Waals surface area contributed by atoms with Crippen molar-refractivity contribution in [3.63, 3.8) is 0 Å². The predicted molar refractivity (Wildman–Crippen MR) is 131 cm³/mol. The van der Waals surface area contributed by atoms with Gasteiger partial charge in [0.25, 0.3) is 5.91 Å². The Morgan fingerprint density at radius 3 is 2.27 bits per heavy atom. The minimum Gasteiger partial charge on any atom is -0.508 e. The van der Waals surface area contributed by atoms with Gasteiger partial charge >= 0.3 is 0 Å². The molecule has 1 aliphatic heterocycles. The number of halogens is 2. The molecule has 4 saturated carbocycles. The molecule has 1 amide bonds. The quantitative estimate of drug-likeness (QED) is 0.564. The fraction of sp³-hybridized carbons (Fsp3) is 0.462. The molecule has 4 fully saturated rings. The van der Waals surface area contributed by atoms with E-state index in [0.29, 0.717) is 39.7 Å². The van der Waals surface area contributed by atoms with Crippen molar-refractivity contribution in [3.05, 3.63) is 58.1 Å². The van der Waals surface area contributed by atoms with Crippen LogP contribution in [-0.2, 0) is 4.79 Å². The van der Waals surface area contributed by atoms with Crippen LogP contribution in [0.1, 0.15) is 50.1 Å². The Morgan fingerprint density at radius 1 is 0.970 bits per heavy atom. The van der Waals surface area contributed by atoms with Gasteiger partial charge in [-0.05, 0) is 91.7 Å². The second kappa shape index (κ2) is 8.21. The lowest BCUT2D eigenvalue weighted by Crippen LogP contribution is -2.56. The second-order valence-electron chi connectivity index (χ2n) is 10.2. The number of hydrogen-bond acceptors (Lipinski definition) is 4. The molecule has 0 saturated heterocycles. The minimum atomic E-state index is -0.191. The summed E-state index contributed by atoms with van der Waals surface area (Å²) in [6, 6.07) is 12.4. The number of benzene rings is 2. The maximum absolute atomic E-state index is 13.4. The first kappa shape index (κ1) is 21.3. The zero-order chi connectivity index (χ0) is 22.7. The molecule has 7 rings (SSSR count). The number of aromatic hydroxyl groups is 1. The van der Waals surface area contributed by atoms with E-state index in [9.17, 15) is 9.90 Å². The summed E-state index contributed by atoms with van der Waals surface area (Å²) in [5.74, 6) is 3.10. The molecule has 2 N–H and O–H groups in total. The van der Waals surface area contributed by atoms with Gasteiger partial charge in [0.15, 0.2) is 0 Å². The summed E-state index contributed by atoms with van der Waals surface area (Å²) < 4.78 is 0. The topological polar surface area (TPSA) is 64.9 Å². The first-order valence-corrected chi connectivity index (χ1v) is 12.6. The first-order valence-electron chi connectivity index (χ1n) is 11.9. The maximum atomic E-state index is 13.4. The molecule has 33 heavy (non-hydrogen) atoms. The fourth-order valence-electron chi connectivity index (χ4n) is 6.89. The summed E-state index contributed by atoms with van der Waals surface area (Å²) in [7, 11) is 0. The number of hydrazone groups is 1. The molecule has 5 aliphatic rings. The Labute approximate surface area is 203 Å². The number of phenolic OH excluding ortho intramolecular Hbond substituents is 1. The molecular formula is C26H27Cl2N3O2. The minimum absolute atomic E-state index is 0.0659. The highest BCUT2D eigenvalue weighted by molar-refractivity contribution is 6.40. The van der Waals surface area contributed by atoms with Crippen LogP contribution in [0.5, 0.6) is 5.75 Å². The van der Waals surface area contributed by atoms with Crippen LogP contribution in [0.25, 0.3) is 0 Å². The van der Waals surface area contributed by atoms with Crippen LogP contribution in [-0.4, -0.2) is 22.8 Å². The number of carbonyl (C=O) groups is 1. The van der Waals surface area contributed by atoms with Crippen LogP contribution in [0.4, 0.5) is 5.69 Å². The van der Waals surface area contributed by atoms with E-state index in [1.807, 2.05) is 23.2 Å². The van der Waals surface area contributed by atoms with Crippen molar-refractivity contribution in [1.29, 1.82) is 0 Å². The summed E-state index contributed by atoms with van der Waals surface area (Å²) >= 11 is 12.6. The average molecular weight is 484 g/mol. The Balaban J connectivity index is 1.27. The number of rotatable bonds is 4. The Hall–Kier alpha value is -2.24. The van der Waals surface area contributed by atoms with Gasteiger partial charge in [-0.2, -0.15) is 5.10 Å². The summed E-state index contributed by atoms with van der Waals surface area (Å²) in [5, 5.41) is 20.7. The number of anilines is 1. The molecule has 1 atom stereocenters. The zero-order valence-corrected chi connectivity index (χ0v) is 19.8. The van der Waals surface area contributed by atoms with Gasteiger partial charge in [-0.25, -0.2) is 0 Å². The molecule has 4 bridgehead atoms. The number of phenols is 1. The molecular weight excluding hydrogens is 457 g/mol. The molecule has 172 valence electrons. The fourth-order valence-corrected chi connectivity index (χ4v) is 7.38. The van der Waals surface area contributed by atoms with Gasteiger partial charge in [0.05, 0.1) is 16.8 Å². The van der Waals surface area contributed by atoms with Crippen molar-refractivity contribution in [3.8, 4) is 5.75 Å². The highest BCUT2D eigenvalue weighted by Gasteiger charge is 2.49. The van der Waals surface area contributed by atoms with Gasteiger partial charge in [-0.15, -0.1) is 0 Å². The average Bonchev–Trinajstić information content (AvgIpc) is 3.21. The van der Waals surface area contributed by atoms with Gasteiger partial charge in [0, 0.05) is 17.5 Å². The monoisotopic (exact) mass is 483 g/mol. The van der Waals surface area contributed by atoms with Crippen molar-refractivity contribution >= 4 is 40.5 Å². The predicted octanol–water partition coefficient (Wildman–Crippen LogP) is 5.95. The molecule has 0 spiro atoms. The van der Waals surface area contributed by atoms with Crippen LogP contribution < -0.4 is 10.3 Å². The van der Waals surface area contributed by atoms with Crippen molar-refractivity contribution in [2.75, 3.05) is 5.01 Å². The summed E-state index contributed by atoms with van der Waals surface area (Å²) in [5.41, 5.74) is 2.18. The normalized spacial score (nSPS) is 32.2. The van der Waals surface area contributed by atoms with E-state index >= 15 is 0 Å². The standard InChI is InChI=1S/C26H27Cl2N3O2/c27-19-3-6-23(21(28)12-19)31-24(16-1-4-20(32)5-2-16)13-22(30-31)26(33)29-25-17-8-14-7-15(10-17)11-18(25)9-14/h1-6,12,14-15,17-18,24-25,32H,7-11,13H2,(H,29,33). The molecule has 2 aromatic carbocycles. The van der Waals surface area contributed by atoms with Gasteiger partial charge in [-0.1, -0.05) is 35.3 Å². The molecule has 2 aromatic rings. The number of hydrogen-bond donors (Lipinski definition) is 2. The number of carbonyl (C=O) groups excluding carboxylic acids is 1. The molecule has 4 aliphatic carbocycles. The van der Waals surface area contributed by atoms with Crippen molar-refractivity contribution in [2.24, 2.45) is 28.8 Å². The van der Waals surface area contributed by atoms with Crippen LogP contribution in [0, 0.1) is 23.7 Å². The van der Waals surface area contributed by atoms with E-state index in [4.69, 9.17) is 28.3 Å². The van der Waals surface area contributed by atoms with Crippen molar-refractivity contribution < 1.29 is 9.90 Å². The SMILES string of the molecule is O=C(NC1C2CC3CC(C2)CC1C3)C1=NN(c2ccc(Cl)cc2Cl)C(c2ccc(O)cc2)C1. The molecule has 1 heterocycles. The Kier molecular flexibility index (Phi) is 5.30. The smallest absolute Gasteiger partial charge is 0.267 e. The van der Waals surface area contributed by atoms with Crippen LogP contribution >= 0.6 is 23.2 Å². The van der Waals surface area contributed by atoms with E-state index in [-0.39, 0.29) is 23.7 Å². The molecule has 0 aromatic heterocycles. The van der Waals surface area contributed by atoms with Crippen LogP contribution in [0.3, 0.4) is 0 Å². The van der Waals surface area contributed by atoms with Gasteiger partial charge < -0.3 is 10.4 Å². The van der Waals surface area contributed by atoms with Crippen LogP contribution in [0.15, 0.2) is 47.6 Å². The van der Waals surface area contributed by atoms with Crippen molar-refractivity contribution in [2.45, 2.75) is 50.6 Å². The third-order valence-corrected chi connectivity index (χ3v) is 8.67. The largest absolute Gasteiger partial charge is 0.508 e. The van der Waals surface area contributed by atoms with Gasteiger partial charge in [0.1, 0.15) is 11.5 Å². The third-order valence-electron chi connectivity index (χ3n) is 8.13. The molecule has 5 nitrogen and oxygen atoms in total. The number of amides is 1. The highest BCUT2D eigenvalue weighted by atomic mass is 35.5. The van der Waals surface area contributed by atoms with Gasteiger partial charge in [0.2, 0.25) is 0 Å². The third kappa shape index (κ3) is 3.89. The van der Waals surface area contributed by atoms with E-state index in [2.05, 4.69) is 5.32 Å². The zero-order valence-electron chi connectivity index (χ0n) is 18.3. The summed E-state index contributed by atoms with van der Waals surface area (Å²) in [6.45, 7) is 0. The first-order chi connectivity index (χ1) is 15.9. The Morgan fingerprint density at radius 2 is 1.64 bits per heavy atom. The van der Waals surface area contributed by atoms with E-state index in [0.717, 1.165) is 17.4 Å². The summed E-state index contributed by atoms with van der Waals surface area (Å²) in [4.78, 5) is 13.4. The molecule has 1 unspecified atom stereocenters. The lowest BCUT2D eigenvalue weighted by molar-refractivity contribution is -0.118. The molecule has 0 radical (unpaired) electrons. The lowest BCUT2D eigenvalue weighted by atomic mass is 9.54. The molecule has 7 heteroatoms. The highest BCUT2D eigenvalue weighted by Crippen LogP contribution is 2.53. The Bertz CT molecular complexity index is 1090. The maximum Gasteiger partial charge on any atom is 0.267 e. The number of nitrogens with zero attached hydrogens (tertiary/aromatic N) is 2. The van der Waals surface area contributed by atoms with Crippen LogP contribution in [0.2, 0.25) is 10.0 Å². The summed E-state index contributed by atoms with van der Waals surface area (Å²) in [6.07, 6.45) is 6.90. The van der Waals surface area contributed by atoms with E-state index in [1.165, 1.54) is 32.1 Å². The lowest BCUT2D eigenvalue weighted by Gasteiger charge is -2.54. The number of nitrogens with one attached hydrogen (secondary N) is 1. The van der Waals surface area contributed by atoms with Crippen molar-refractivity contribution in [1.82, 2.24) is 5.32 Å². The second-order valence-corrected chi connectivity index (χ2v) is 11.1. The van der Waals surface area contributed by atoms with Gasteiger partial charge in [-0.3, -0.25) is 9.80 Å².